The number of halogens is 2. The van der Waals surface area contributed by atoms with Crippen molar-refractivity contribution >= 4 is 29.9 Å². The molecule has 2 aromatic rings. The van der Waals surface area contributed by atoms with Crippen LogP contribution in [0.15, 0.2) is 28.9 Å². The van der Waals surface area contributed by atoms with Crippen LogP contribution >= 0.6 is 24.0 Å². The Morgan fingerprint density at radius 1 is 1.39 bits per heavy atom. The number of rotatable bonds is 6. The minimum atomic E-state index is -0.0302. The minimum absolute atomic E-state index is 0. The first-order chi connectivity index (χ1) is 10.5. The fourth-order valence-corrected chi connectivity index (χ4v) is 2.04. The molecular formula is C16H20Cl2N2O3. The number of benzene rings is 1. The molecule has 1 aromatic heterocycles. The van der Waals surface area contributed by atoms with Gasteiger partial charge in [-0.25, -0.2) is 4.98 Å². The number of aromatic nitrogens is 1. The summed E-state index contributed by atoms with van der Waals surface area (Å²) < 4.78 is 16.0. The van der Waals surface area contributed by atoms with Crippen LogP contribution in [-0.4, -0.2) is 24.6 Å². The van der Waals surface area contributed by atoms with Crippen molar-refractivity contribution < 1.29 is 13.9 Å². The molecule has 0 aliphatic heterocycles. The Morgan fingerprint density at radius 2 is 2.13 bits per heavy atom. The van der Waals surface area contributed by atoms with Crippen LogP contribution in [0.1, 0.15) is 31.0 Å². The highest BCUT2D eigenvalue weighted by atomic mass is 35.5. The van der Waals surface area contributed by atoms with E-state index in [-0.39, 0.29) is 18.3 Å². The first-order valence-electron chi connectivity index (χ1n) is 6.98. The number of ether oxygens (including phenoxy) is 2. The largest absolute Gasteiger partial charge is 0.493 e. The molecule has 0 bridgehead atoms. The maximum absolute atomic E-state index is 7.57. The number of hydrogen-bond acceptors (Lipinski definition) is 5. The monoisotopic (exact) mass is 358 g/mol. The van der Waals surface area contributed by atoms with Gasteiger partial charge in [-0.15, -0.1) is 12.4 Å². The lowest BCUT2D eigenvalue weighted by Crippen LogP contribution is -2.06. The fourth-order valence-electron chi connectivity index (χ4n) is 1.85. The summed E-state index contributed by atoms with van der Waals surface area (Å²) in [6, 6.07) is 5.48. The highest BCUT2D eigenvalue weighted by Crippen LogP contribution is 2.26. The highest BCUT2D eigenvalue weighted by molar-refractivity contribution is 6.30. The summed E-state index contributed by atoms with van der Waals surface area (Å²) in [4.78, 5) is 4.23. The summed E-state index contributed by atoms with van der Waals surface area (Å²) in [6.45, 7) is 4.80. The van der Waals surface area contributed by atoms with Crippen molar-refractivity contribution in [3.63, 3.8) is 0 Å². The molecule has 0 aliphatic rings. The molecule has 0 fully saturated rings. The van der Waals surface area contributed by atoms with Crippen LogP contribution in [0.25, 0.3) is 0 Å². The molecule has 23 heavy (non-hydrogen) atoms. The average Bonchev–Trinajstić information content (AvgIpc) is 2.94. The lowest BCUT2D eigenvalue weighted by molar-refractivity contribution is 0.268. The van der Waals surface area contributed by atoms with Crippen molar-refractivity contribution in [2.24, 2.45) is 5.92 Å². The topological polar surface area (TPSA) is 68.3 Å². The maximum atomic E-state index is 7.57. The molecule has 1 aromatic carbocycles. The summed E-state index contributed by atoms with van der Waals surface area (Å²) in [6.07, 6.45) is 1.84. The molecule has 0 amide bonds. The van der Waals surface area contributed by atoms with Gasteiger partial charge in [0.05, 0.1) is 20.1 Å². The van der Waals surface area contributed by atoms with Crippen LogP contribution in [-0.2, 0) is 11.2 Å². The van der Waals surface area contributed by atoms with Gasteiger partial charge in [-0.2, -0.15) is 0 Å². The third-order valence-corrected chi connectivity index (χ3v) is 3.16. The molecular weight excluding hydrogens is 339 g/mol. The summed E-state index contributed by atoms with van der Waals surface area (Å²) in [5, 5.41) is 8.20. The predicted molar refractivity (Wildman–Crippen MR) is 92.2 cm³/mol. The van der Waals surface area contributed by atoms with E-state index in [1.165, 1.54) is 13.4 Å². The van der Waals surface area contributed by atoms with Gasteiger partial charge in [0.25, 0.3) is 0 Å². The maximum Gasteiger partial charge on any atom is 0.235 e. The summed E-state index contributed by atoms with van der Waals surface area (Å²) in [5.41, 5.74) is 1.26. The minimum Gasteiger partial charge on any atom is -0.493 e. The van der Waals surface area contributed by atoms with Crippen LogP contribution in [0.2, 0.25) is 5.02 Å². The van der Waals surface area contributed by atoms with E-state index in [4.69, 9.17) is 30.9 Å². The molecule has 126 valence electrons. The van der Waals surface area contributed by atoms with E-state index in [9.17, 15) is 0 Å². The molecule has 0 spiro atoms. The van der Waals surface area contributed by atoms with E-state index < -0.39 is 0 Å². The predicted octanol–water partition coefficient (Wildman–Crippen LogP) is 4.35. The smallest absolute Gasteiger partial charge is 0.235 e. The Balaban J connectivity index is 0.00000264. The molecule has 1 heterocycles. The van der Waals surface area contributed by atoms with Gasteiger partial charge in [0.1, 0.15) is 12.0 Å². The van der Waals surface area contributed by atoms with Crippen molar-refractivity contribution in [3.8, 4) is 5.75 Å². The zero-order chi connectivity index (χ0) is 16.1. The van der Waals surface area contributed by atoms with Gasteiger partial charge in [0.2, 0.25) is 5.90 Å². The van der Waals surface area contributed by atoms with Crippen molar-refractivity contribution in [1.82, 2.24) is 4.98 Å². The fraction of sp³-hybridized carbons (Fsp3) is 0.375. The first-order valence-corrected chi connectivity index (χ1v) is 7.36. The van der Waals surface area contributed by atoms with Crippen LogP contribution in [0, 0.1) is 11.3 Å². The quantitative estimate of drug-likeness (QED) is 0.615. The van der Waals surface area contributed by atoms with Crippen LogP contribution in [0.3, 0.4) is 0 Å². The second-order valence-corrected chi connectivity index (χ2v) is 5.73. The Bertz CT molecular complexity index is 657. The lowest BCUT2D eigenvalue weighted by Gasteiger charge is -2.12. The van der Waals surface area contributed by atoms with Crippen LogP contribution in [0.5, 0.6) is 5.75 Å². The normalized spacial score (nSPS) is 10.3. The van der Waals surface area contributed by atoms with E-state index in [1.54, 1.807) is 6.07 Å². The first kappa shape index (κ1) is 19.3. The van der Waals surface area contributed by atoms with Gasteiger partial charge in [0.15, 0.2) is 11.6 Å². The van der Waals surface area contributed by atoms with Gasteiger partial charge in [-0.05, 0) is 24.1 Å². The molecule has 0 saturated heterocycles. The third-order valence-electron chi connectivity index (χ3n) is 2.92. The van der Waals surface area contributed by atoms with Gasteiger partial charge in [-0.1, -0.05) is 25.4 Å². The molecule has 7 heteroatoms. The van der Waals surface area contributed by atoms with Crippen LogP contribution < -0.4 is 4.74 Å². The molecule has 0 atom stereocenters. The number of nitrogens with one attached hydrogen (secondary N) is 1. The van der Waals surface area contributed by atoms with Crippen molar-refractivity contribution in [1.29, 1.82) is 5.41 Å². The van der Waals surface area contributed by atoms with E-state index in [0.717, 1.165) is 11.3 Å². The second-order valence-electron chi connectivity index (χ2n) is 5.29. The van der Waals surface area contributed by atoms with Gasteiger partial charge < -0.3 is 13.9 Å². The molecule has 5 nitrogen and oxygen atoms in total. The second kappa shape index (κ2) is 8.79. The number of methoxy groups -OCH3 is 1. The van der Waals surface area contributed by atoms with Gasteiger partial charge in [0, 0.05) is 10.6 Å². The SMILES string of the molecule is COC(=N)c1coc(Cc2cc(Cl)ccc2OCC(C)C)n1.Cl. The molecule has 0 radical (unpaired) electrons. The Labute approximate surface area is 146 Å². The van der Waals surface area contributed by atoms with Crippen LogP contribution in [0.4, 0.5) is 0 Å². The van der Waals surface area contributed by atoms with Gasteiger partial charge >= 0.3 is 0 Å². The molecule has 0 unspecified atom stereocenters. The molecule has 1 N–H and O–H groups in total. The Hall–Kier alpha value is -1.72. The van der Waals surface area contributed by atoms with E-state index in [1.807, 2.05) is 12.1 Å². The van der Waals surface area contributed by atoms with E-state index in [0.29, 0.717) is 35.6 Å². The lowest BCUT2D eigenvalue weighted by atomic mass is 10.1. The molecule has 2 rings (SSSR count). The summed E-state index contributed by atoms with van der Waals surface area (Å²) in [7, 11) is 1.42. The standard InChI is InChI=1S/C16H19ClN2O3.ClH/c1-10(2)8-21-14-5-4-12(17)6-11(14)7-15-19-13(9-22-15)16(18)20-3;/h4-6,9-10,18H,7-8H2,1-3H3;1H. The van der Waals surface area contributed by atoms with Gasteiger partial charge in [-0.3, -0.25) is 5.41 Å². The average molecular weight is 359 g/mol. The van der Waals surface area contributed by atoms with Crippen molar-refractivity contribution in [3.05, 3.63) is 46.6 Å². The van der Waals surface area contributed by atoms with Crippen molar-refractivity contribution in [2.45, 2.75) is 20.3 Å². The molecule has 0 saturated carbocycles. The Morgan fingerprint density at radius 3 is 2.78 bits per heavy atom. The summed E-state index contributed by atoms with van der Waals surface area (Å²) >= 11 is 6.06. The molecule has 0 aliphatic carbocycles. The third kappa shape index (κ3) is 5.44. The number of nitrogens with zero attached hydrogens (tertiary/aromatic N) is 1. The van der Waals surface area contributed by atoms with E-state index in [2.05, 4.69) is 18.8 Å². The Kier molecular flexibility index (Phi) is 7.39. The summed E-state index contributed by atoms with van der Waals surface area (Å²) in [5.74, 6) is 1.64. The zero-order valence-electron chi connectivity index (χ0n) is 13.3. The van der Waals surface area contributed by atoms with E-state index >= 15 is 0 Å². The highest BCUT2D eigenvalue weighted by Gasteiger charge is 2.13. The number of hydrogen-bond donors (Lipinski definition) is 1. The van der Waals surface area contributed by atoms with Crippen molar-refractivity contribution in [2.75, 3.05) is 13.7 Å². The zero-order valence-corrected chi connectivity index (χ0v) is 14.8. The number of oxazole rings is 1.